The maximum Gasteiger partial charge on any atom is 0.143 e. The third kappa shape index (κ3) is 6.35. The lowest BCUT2D eigenvalue weighted by Crippen LogP contribution is -2.12. The molecule has 0 fully saturated rings. The van der Waals surface area contributed by atoms with Gasteiger partial charge in [-0.1, -0.05) is 164 Å². The number of rotatable bonds is 7. The number of fused-ring (bicyclic) bond motifs is 9. The third-order valence-corrected chi connectivity index (χ3v) is 13.5. The van der Waals surface area contributed by atoms with Crippen LogP contribution in [-0.2, 0) is 6.42 Å². The molecule has 0 radical (unpaired) electrons. The molecule has 1 aliphatic carbocycles. The van der Waals surface area contributed by atoms with Crippen molar-refractivity contribution >= 4 is 77.6 Å². The minimum Gasteiger partial charge on any atom is -0.456 e. The van der Waals surface area contributed by atoms with Crippen LogP contribution in [0.4, 0.5) is 17.1 Å². The SMILES string of the molecule is C1=CC(c2ccc(N(c3ccc(-c4cccc(-c5cccc6ccccc56)c4)cc3)c3ccccc3-c3ccc4oc5c6ccccc6ccc5c4c3)cc2)Cc2c1oc1ccccc21. The van der Waals surface area contributed by atoms with Crippen molar-refractivity contribution < 1.29 is 8.83 Å². The van der Waals surface area contributed by atoms with Gasteiger partial charge in [0.05, 0.1) is 5.69 Å². The highest BCUT2D eigenvalue weighted by Crippen LogP contribution is 2.45. The van der Waals surface area contributed by atoms with Crippen LogP contribution in [0.15, 0.2) is 233 Å². The van der Waals surface area contributed by atoms with Crippen LogP contribution in [0.2, 0.25) is 0 Å². The molecular weight excluding hydrogens is 791 g/mol. The third-order valence-electron chi connectivity index (χ3n) is 13.5. The summed E-state index contributed by atoms with van der Waals surface area (Å²) in [6, 6.07) is 78.9. The van der Waals surface area contributed by atoms with Crippen LogP contribution >= 0.6 is 0 Å². The number of anilines is 3. The first-order chi connectivity index (χ1) is 32.2. The van der Waals surface area contributed by atoms with Gasteiger partial charge in [-0.15, -0.1) is 0 Å². The van der Waals surface area contributed by atoms with Gasteiger partial charge in [-0.3, -0.25) is 0 Å². The molecule has 306 valence electrons. The van der Waals surface area contributed by atoms with Gasteiger partial charge in [0.1, 0.15) is 22.5 Å². The first-order valence-corrected chi connectivity index (χ1v) is 22.4. The quantitative estimate of drug-likeness (QED) is 0.160. The van der Waals surface area contributed by atoms with Crippen LogP contribution in [0, 0.1) is 0 Å². The van der Waals surface area contributed by atoms with E-state index in [9.17, 15) is 0 Å². The largest absolute Gasteiger partial charge is 0.456 e. The van der Waals surface area contributed by atoms with E-state index in [1.165, 1.54) is 54.9 Å². The summed E-state index contributed by atoms with van der Waals surface area (Å²) in [5.74, 6) is 1.22. The fraction of sp³-hybridized carbons (Fsp3) is 0.0323. The topological polar surface area (TPSA) is 29.5 Å². The highest BCUT2D eigenvalue weighted by atomic mass is 16.3. The predicted molar refractivity (Wildman–Crippen MR) is 271 cm³/mol. The lowest BCUT2D eigenvalue weighted by atomic mass is 9.87. The zero-order chi connectivity index (χ0) is 42.8. The maximum absolute atomic E-state index is 6.55. The highest BCUT2D eigenvalue weighted by molar-refractivity contribution is 6.15. The molecule has 2 heterocycles. The van der Waals surface area contributed by atoms with E-state index in [4.69, 9.17) is 8.83 Å². The lowest BCUT2D eigenvalue weighted by Gasteiger charge is -2.28. The normalized spacial score (nSPS) is 13.6. The van der Waals surface area contributed by atoms with Crippen molar-refractivity contribution in [3.8, 4) is 33.4 Å². The van der Waals surface area contributed by atoms with E-state index in [0.29, 0.717) is 0 Å². The van der Waals surface area contributed by atoms with Gasteiger partial charge >= 0.3 is 0 Å². The Bertz CT molecular complexity index is 3810. The van der Waals surface area contributed by atoms with Crippen molar-refractivity contribution in [2.45, 2.75) is 12.3 Å². The fourth-order valence-electron chi connectivity index (χ4n) is 10.2. The number of para-hydroxylation sites is 2. The minimum absolute atomic E-state index is 0.246. The second-order valence-corrected chi connectivity index (χ2v) is 17.2. The van der Waals surface area contributed by atoms with Crippen LogP contribution in [0.1, 0.15) is 22.8 Å². The van der Waals surface area contributed by atoms with Crippen LogP contribution in [0.5, 0.6) is 0 Å². The second kappa shape index (κ2) is 15.1. The standard InChI is InChI=1S/C62H41NO2/c1-3-16-50-42(11-1)13-10-20-51(50)46-15-9-14-44(37-46)40-23-30-48(31-24-40)63(49-32-25-41(26-33-49)45-28-35-60-56(38-45)54-19-6-8-22-59(54)64-60)58-21-7-5-17-52(58)47-29-36-61-57(39-47)55-34-27-43-12-2-4-18-53(43)62(55)65-61/h1-37,39,45H,38H2. The molecule has 0 saturated heterocycles. The van der Waals surface area contributed by atoms with E-state index in [0.717, 1.165) is 73.3 Å². The molecule has 3 nitrogen and oxygen atoms in total. The van der Waals surface area contributed by atoms with Gasteiger partial charge in [-0.25, -0.2) is 0 Å². The van der Waals surface area contributed by atoms with Crippen LogP contribution in [0.3, 0.4) is 0 Å². The van der Waals surface area contributed by atoms with Crippen LogP contribution in [-0.4, -0.2) is 0 Å². The molecule has 13 rings (SSSR count). The Morgan fingerprint density at radius 3 is 1.89 bits per heavy atom. The molecule has 65 heavy (non-hydrogen) atoms. The van der Waals surface area contributed by atoms with Crippen molar-refractivity contribution in [1.82, 2.24) is 0 Å². The molecule has 1 unspecified atom stereocenters. The Balaban J connectivity index is 0.905. The van der Waals surface area contributed by atoms with Crippen molar-refractivity contribution in [1.29, 1.82) is 0 Å². The monoisotopic (exact) mass is 831 g/mol. The summed E-state index contributed by atoms with van der Waals surface area (Å²) in [6.45, 7) is 0. The molecule has 3 heteroatoms. The summed E-state index contributed by atoms with van der Waals surface area (Å²) in [4.78, 5) is 2.40. The Labute approximate surface area is 376 Å². The van der Waals surface area contributed by atoms with Gasteiger partial charge < -0.3 is 13.7 Å². The number of allylic oxidation sites excluding steroid dienone is 1. The van der Waals surface area contributed by atoms with E-state index in [1.54, 1.807) is 0 Å². The van der Waals surface area contributed by atoms with E-state index >= 15 is 0 Å². The maximum atomic E-state index is 6.55. The summed E-state index contributed by atoms with van der Waals surface area (Å²) in [5.41, 5.74) is 15.6. The molecule has 10 aromatic carbocycles. The van der Waals surface area contributed by atoms with Gasteiger partial charge in [0.15, 0.2) is 0 Å². The number of hydrogen-bond acceptors (Lipinski definition) is 3. The summed E-state index contributed by atoms with van der Waals surface area (Å²) in [5, 5.41) is 8.25. The number of nitrogens with zero attached hydrogens (tertiary/aromatic N) is 1. The lowest BCUT2D eigenvalue weighted by molar-refractivity contribution is 0.591. The molecule has 2 aromatic heterocycles. The van der Waals surface area contributed by atoms with Crippen LogP contribution in [0.25, 0.3) is 93.9 Å². The molecular formula is C62H41NO2. The molecule has 0 bridgehead atoms. The smallest absolute Gasteiger partial charge is 0.143 e. The van der Waals surface area contributed by atoms with E-state index in [2.05, 4.69) is 229 Å². The average molecular weight is 832 g/mol. The molecule has 0 N–H and O–H groups in total. The summed E-state index contributed by atoms with van der Waals surface area (Å²) < 4.78 is 12.8. The number of furan rings is 2. The molecule has 0 amide bonds. The molecule has 12 aromatic rings. The Morgan fingerprint density at radius 2 is 1.03 bits per heavy atom. The van der Waals surface area contributed by atoms with Crippen molar-refractivity contribution in [3.05, 3.63) is 241 Å². The Morgan fingerprint density at radius 1 is 0.400 bits per heavy atom. The summed E-state index contributed by atoms with van der Waals surface area (Å²) in [7, 11) is 0. The zero-order valence-electron chi connectivity index (χ0n) is 35.5. The summed E-state index contributed by atoms with van der Waals surface area (Å²) in [6.07, 6.45) is 5.35. The molecule has 0 spiro atoms. The van der Waals surface area contributed by atoms with Crippen molar-refractivity contribution in [3.63, 3.8) is 0 Å². The van der Waals surface area contributed by atoms with Gasteiger partial charge in [0.2, 0.25) is 0 Å². The first kappa shape index (κ1) is 37.2. The average Bonchev–Trinajstić information content (AvgIpc) is 3.95. The predicted octanol–water partition coefficient (Wildman–Crippen LogP) is 17.5. The number of benzene rings is 10. The van der Waals surface area contributed by atoms with Gasteiger partial charge in [0, 0.05) is 50.0 Å². The Hall–Kier alpha value is -8.40. The summed E-state index contributed by atoms with van der Waals surface area (Å²) >= 11 is 0. The van der Waals surface area contributed by atoms with Gasteiger partial charge in [0.25, 0.3) is 0 Å². The van der Waals surface area contributed by atoms with Crippen LogP contribution < -0.4 is 4.90 Å². The van der Waals surface area contributed by atoms with Crippen molar-refractivity contribution in [2.24, 2.45) is 0 Å². The first-order valence-electron chi connectivity index (χ1n) is 22.4. The Kier molecular flexibility index (Phi) is 8.67. The molecule has 1 aliphatic rings. The second-order valence-electron chi connectivity index (χ2n) is 17.2. The van der Waals surface area contributed by atoms with E-state index < -0.39 is 0 Å². The number of hydrogen-bond donors (Lipinski definition) is 0. The molecule has 1 atom stereocenters. The van der Waals surface area contributed by atoms with Gasteiger partial charge in [-0.2, -0.15) is 0 Å². The highest BCUT2D eigenvalue weighted by Gasteiger charge is 2.23. The van der Waals surface area contributed by atoms with E-state index in [-0.39, 0.29) is 5.92 Å². The van der Waals surface area contributed by atoms with Crippen molar-refractivity contribution in [2.75, 3.05) is 4.90 Å². The molecule has 0 saturated carbocycles. The minimum atomic E-state index is 0.246. The molecule has 0 aliphatic heterocycles. The fourth-order valence-corrected chi connectivity index (χ4v) is 10.2. The zero-order valence-corrected chi connectivity index (χ0v) is 35.5. The van der Waals surface area contributed by atoms with E-state index in [1.807, 2.05) is 6.07 Å². The van der Waals surface area contributed by atoms with Gasteiger partial charge in [-0.05, 0) is 123 Å².